The number of nitrogens with one attached hydrogen (secondary N) is 1. The van der Waals surface area contributed by atoms with Crippen molar-refractivity contribution in [2.24, 2.45) is 7.05 Å². The fourth-order valence-electron chi connectivity index (χ4n) is 2.62. The highest BCUT2D eigenvalue weighted by atomic mass is 16.5. The van der Waals surface area contributed by atoms with Gasteiger partial charge >= 0.3 is 0 Å². The molecular weight excluding hydrogens is 324 g/mol. The summed E-state index contributed by atoms with van der Waals surface area (Å²) in [4.78, 5) is 25.7. The molecule has 0 aromatic carbocycles. The van der Waals surface area contributed by atoms with E-state index < -0.39 is 0 Å². The molecule has 3 heterocycles. The zero-order valence-corrected chi connectivity index (χ0v) is 14.0. The van der Waals surface area contributed by atoms with Gasteiger partial charge in [-0.1, -0.05) is 0 Å². The smallest absolute Gasteiger partial charge is 0.271 e. The lowest BCUT2D eigenvalue weighted by Gasteiger charge is -2.34. The molecule has 1 N–H and O–H groups in total. The number of amides is 1. The molecule has 0 saturated carbocycles. The average Bonchev–Trinajstić information content (AvgIpc) is 2.65. The number of hydrogen-bond donors (Lipinski definition) is 1. The third kappa shape index (κ3) is 4.38. The zero-order valence-electron chi connectivity index (χ0n) is 14.0. The first kappa shape index (κ1) is 17.0. The molecule has 0 bridgehead atoms. The Kier molecular flexibility index (Phi) is 5.34. The predicted molar refractivity (Wildman–Crippen MR) is 90.4 cm³/mol. The molecule has 1 aliphatic rings. The number of rotatable bonds is 5. The third-order valence-electron chi connectivity index (χ3n) is 4.01. The molecule has 132 valence electrons. The van der Waals surface area contributed by atoms with Gasteiger partial charge in [-0.05, 0) is 18.6 Å². The summed E-state index contributed by atoms with van der Waals surface area (Å²) in [6.07, 6.45) is 3.84. The van der Waals surface area contributed by atoms with Crippen LogP contribution in [-0.2, 0) is 11.8 Å². The molecule has 25 heavy (non-hydrogen) atoms. The number of carbonyl (C=O) groups is 1. The molecule has 9 heteroatoms. The van der Waals surface area contributed by atoms with Crippen molar-refractivity contribution in [1.82, 2.24) is 25.3 Å². The van der Waals surface area contributed by atoms with Gasteiger partial charge in [-0.15, -0.1) is 5.10 Å². The molecule has 0 unspecified atom stereocenters. The van der Waals surface area contributed by atoms with E-state index in [9.17, 15) is 9.59 Å². The maximum atomic E-state index is 11.9. The second-order valence-corrected chi connectivity index (χ2v) is 5.77. The highest BCUT2D eigenvalue weighted by molar-refractivity contribution is 5.91. The zero-order chi connectivity index (χ0) is 17.6. The molecule has 9 nitrogen and oxygen atoms in total. The number of morpholine rings is 1. The standard InChI is InChI=1S/C16H20N6O3/c1-21-15(23)9-12(10-19-21)22-7-8-25-13(11-22)4-6-17-16(24)14-3-2-5-18-20-14/h2-3,5,9-10,13H,4,6-8,11H2,1H3,(H,17,24)/t13-/m0/s1. The van der Waals surface area contributed by atoms with Crippen molar-refractivity contribution < 1.29 is 9.53 Å². The van der Waals surface area contributed by atoms with E-state index in [1.807, 2.05) is 0 Å². The van der Waals surface area contributed by atoms with Crippen molar-refractivity contribution in [3.05, 3.63) is 46.6 Å². The van der Waals surface area contributed by atoms with Crippen LogP contribution in [0.3, 0.4) is 0 Å². The van der Waals surface area contributed by atoms with Gasteiger partial charge in [0.25, 0.3) is 11.5 Å². The normalized spacial score (nSPS) is 17.3. The van der Waals surface area contributed by atoms with Gasteiger partial charge in [-0.2, -0.15) is 10.2 Å². The Morgan fingerprint density at radius 1 is 1.48 bits per heavy atom. The van der Waals surface area contributed by atoms with Crippen LogP contribution in [0.5, 0.6) is 0 Å². The van der Waals surface area contributed by atoms with Gasteiger partial charge in [0, 0.05) is 38.9 Å². The Labute approximate surface area is 144 Å². The van der Waals surface area contributed by atoms with E-state index in [1.165, 1.54) is 10.9 Å². The van der Waals surface area contributed by atoms with E-state index in [0.29, 0.717) is 38.4 Å². The fourth-order valence-corrected chi connectivity index (χ4v) is 2.62. The van der Waals surface area contributed by atoms with E-state index >= 15 is 0 Å². The average molecular weight is 344 g/mol. The van der Waals surface area contributed by atoms with E-state index in [1.54, 1.807) is 31.4 Å². The lowest BCUT2D eigenvalue weighted by molar-refractivity contribution is 0.0353. The summed E-state index contributed by atoms with van der Waals surface area (Å²) in [6, 6.07) is 4.86. The van der Waals surface area contributed by atoms with Gasteiger partial charge in [0.1, 0.15) is 0 Å². The summed E-state index contributed by atoms with van der Waals surface area (Å²) < 4.78 is 7.04. The van der Waals surface area contributed by atoms with Gasteiger partial charge in [0.2, 0.25) is 0 Å². The first-order valence-electron chi connectivity index (χ1n) is 8.09. The first-order chi connectivity index (χ1) is 12.1. The van der Waals surface area contributed by atoms with Crippen LogP contribution in [-0.4, -0.2) is 58.2 Å². The Bertz CT molecular complexity index is 779. The van der Waals surface area contributed by atoms with Crippen LogP contribution < -0.4 is 15.8 Å². The molecule has 1 saturated heterocycles. The van der Waals surface area contributed by atoms with Crippen molar-refractivity contribution in [2.75, 3.05) is 31.1 Å². The second-order valence-electron chi connectivity index (χ2n) is 5.77. The van der Waals surface area contributed by atoms with Gasteiger partial charge in [-0.3, -0.25) is 9.59 Å². The van der Waals surface area contributed by atoms with E-state index in [-0.39, 0.29) is 17.6 Å². The number of ether oxygens (including phenoxy) is 1. The Hall–Kier alpha value is -2.81. The molecule has 2 aromatic heterocycles. The van der Waals surface area contributed by atoms with Gasteiger partial charge in [0.15, 0.2) is 5.69 Å². The highest BCUT2D eigenvalue weighted by Gasteiger charge is 2.21. The van der Waals surface area contributed by atoms with Crippen molar-refractivity contribution in [3.8, 4) is 0 Å². The van der Waals surface area contributed by atoms with Crippen LogP contribution in [0.15, 0.2) is 35.4 Å². The highest BCUT2D eigenvalue weighted by Crippen LogP contribution is 2.16. The first-order valence-corrected chi connectivity index (χ1v) is 8.09. The summed E-state index contributed by atoms with van der Waals surface area (Å²) in [6.45, 7) is 2.40. The van der Waals surface area contributed by atoms with Gasteiger partial charge in [0.05, 0.1) is 24.6 Å². The van der Waals surface area contributed by atoms with Crippen molar-refractivity contribution in [2.45, 2.75) is 12.5 Å². The van der Waals surface area contributed by atoms with Crippen LogP contribution >= 0.6 is 0 Å². The fraction of sp³-hybridized carbons (Fsp3) is 0.438. The lowest BCUT2D eigenvalue weighted by atomic mass is 10.2. The molecular formula is C16H20N6O3. The topological polar surface area (TPSA) is 102 Å². The predicted octanol–water partition coefficient (Wildman–Crippen LogP) is -0.404. The van der Waals surface area contributed by atoms with E-state index in [2.05, 4.69) is 25.5 Å². The maximum Gasteiger partial charge on any atom is 0.271 e. The molecule has 0 aliphatic carbocycles. The quantitative estimate of drug-likeness (QED) is 0.787. The van der Waals surface area contributed by atoms with Gasteiger partial charge < -0.3 is 15.0 Å². The van der Waals surface area contributed by atoms with Crippen molar-refractivity contribution >= 4 is 11.6 Å². The summed E-state index contributed by atoms with van der Waals surface area (Å²) in [5.74, 6) is -0.253. The van der Waals surface area contributed by atoms with E-state index in [0.717, 1.165) is 5.69 Å². The minimum Gasteiger partial charge on any atom is -0.374 e. The molecule has 0 radical (unpaired) electrons. The molecule has 2 aromatic rings. The summed E-state index contributed by atoms with van der Waals surface area (Å²) >= 11 is 0. The van der Waals surface area contributed by atoms with Crippen LogP contribution in [0.4, 0.5) is 5.69 Å². The Morgan fingerprint density at radius 3 is 3.12 bits per heavy atom. The van der Waals surface area contributed by atoms with E-state index in [4.69, 9.17) is 4.74 Å². The molecule has 1 atom stereocenters. The number of hydrogen-bond acceptors (Lipinski definition) is 7. The van der Waals surface area contributed by atoms with Crippen LogP contribution in [0, 0.1) is 0 Å². The van der Waals surface area contributed by atoms with Crippen molar-refractivity contribution in [3.63, 3.8) is 0 Å². The number of anilines is 1. The molecule has 1 amide bonds. The molecule has 1 aliphatic heterocycles. The van der Waals surface area contributed by atoms with Crippen LogP contribution in [0.1, 0.15) is 16.9 Å². The Morgan fingerprint density at radius 2 is 2.36 bits per heavy atom. The second kappa shape index (κ2) is 7.84. The lowest BCUT2D eigenvalue weighted by Crippen LogP contribution is -2.44. The number of nitrogens with zero attached hydrogens (tertiary/aromatic N) is 5. The maximum absolute atomic E-state index is 11.9. The summed E-state index contributed by atoms with van der Waals surface area (Å²) in [5, 5.41) is 14.3. The molecule has 3 rings (SSSR count). The summed E-state index contributed by atoms with van der Waals surface area (Å²) in [5.41, 5.74) is 0.941. The van der Waals surface area contributed by atoms with Crippen LogP contribution in [0.25, 0.3) is 0 Å². The molecule has 1 fully saturated rings. The Balaban J connectivity index is 1.51. The van der Waals surface area contributed by atoms with Gasteiger partial charge in [-0.25, -0.2) is 4.68 Å². The minimum absolute atomic E-state index is 0.0278. The van der Waals surface area contributed by atoms with Crippen molar-refractivity contribution in [1.29, 1.82) is 0 Å². The number of aromatic nitrogens is 4. The number of aryl methyl sites for hydroxylation is 1. The minimum atomic E-state index is -0.253. The SMILES string of the molecule is Cn1ncc(N2CCO[C@@H](CCNC(=O)c3cccnn3)C2)cc1=O. The van der Waals surface area contributed by atoms with Crippen LogP contribution in [0.2, 0.25) is 0 Å². The summed E-state index contributed by atoms with van der Waals surface area (Å²) in [7, 11) is 1.62. The molecule has 0 spiro atoms. The monoisotopic (exact) mass is 344 g/mol. The largest absolute Gasteiger partial charge is 0.374 e. The number of carbonyl (C=O) groups excluding carboxylic acids is 1. The third-order valence-corrected chi connectivity index (χ3v) is 4.01.